The van der Waals surface area contributed by atoms with Crippen molar-refractivity contribution in [1.82, 2.24) is 0 Å². The van der Waals surface area contributed by atoms with E-state index in [0.717, 1.165) is 30.4 Å². The Morgan fingerprint density at radius 3 is 2.69 bits per heavy atom. The quantitative estimate of drug-likeness (QED) is 0.660. The summed E-state index contributed by atoms with van der Waals surface area (Å²) in [6, 6.07) is 5.29. The third-order valence-corrected chi connectivity index (χ3v) is 2.16. The first-order valence-corrected chi connectivity index (χ1v) is 4.90. The summed E-state index contributed by atoms with van der Waals surface area (Å²) in [4.78, 5) is 0. The van der Waals surface area contributed by atoms with Crippen molar-refractivity contribution in [3.8, 4) is 0 Å². The molecule has 1 heteroatoms. The van der Waals surface area contributed by atoms with Gasteiger partial charge in [0.1, 0.15) is 5.82 Å². The molecular formula is C12H16F. The molecule has 0 aromatic heterocycles. The molecule has 0 nitrogen and oxygen atoms in total. The molecule has 0 bridgehead atoms. The number of aryl methyl sites for hydroxylation is 1. The summed E-state index contributed by atoms with van der Waals surface area (Å²) in [6.45, 7) is 4.15. The van der Waals surface area contributed by atoms with E-state index < -0.39 is 0 Å². The molecule has 0 aliphatic heterocycles. The van der Waals surface area contributed by atoms with Gasteiger partial charge in [-0.25, -0.2) is 4.39 Å². The Morgan fingerprint density at radius 1 is 1.31 bits per heavy atom. The molecule has 13 heavy (non-hydrogen) atoms. The van der Waals surface area contributed by atoms with Gasteiger partial charge in [0.2, 0.25) is 0 Å². The molecule has 0 spiro atoms. The van der Waals surface area contributed by atoms with Crippen LogP contribution in [0, 0.1) is 12.2 Å². The predicted molar refractivity (Wildman–Crippen MR) is 54.1 cm³/mol. The number of benzene rings is 1. The van der Waals surface area contributed by atoms with Gasteiger partial charge in [-0.05, 0) is 36.5 Å². The number of hydrogen-bond acceptors (Lipinski definition) is 0. The molecule has 0 amide bonds. The maximum atomic E-state index is 13.3. The van der Waals surface area contributed by atoms with E-state index in [4.69, 9.17) is 0 Å². The van der Waals surface area contributed by atoms with Gasteiger partial charge in [0.05, 0.1) is 0 Å². The van der Waals surface area contributed by atoms with Gasteiger partial charge in [0, 0.05) is 0 Å². The molecular weight excluding hydrogens is 163 g/mol. The topological polar surface area (TPSA) is 0 Å². The van der Waals surface area contributed by atoms with Crippen molar-refractivity contribution < 1.29 is 4.39 Å². The summed E-state index contributed by atoms with van der Waals surface area (Å²) >= 11 is 0. The van der Waals surface area contributed by atoms with Crippen molar-refractivity contribution >= 4 is 0 Å². The van der Waals surface area contributed by atoms with Crippen molar-refractivity contribution in [2.45, 2.75) is 33.1 Å². The first-order chi connectivity index (χ1) is 6.29. The maximum absolute atomic E-state index is 13.3. The molecule has 0 aliphatic rings. The van der Waals surface area contributed by atoms with Crippen LogP contribution >= 0.6 is 0 Å². The zero-order valence-electron chi connectivity index (χ0n) is 8.31. The summed E-state index contributed by atoms with van der Waals surface area (Å²) < 4.78 is 13.3. The monoisotopic (exact) mass is 179 g/mol. The second-order valence-electron chi connectivity index (χ2n) is 3.16. The van der Waals surface area contributed by atoms with E-state index in [9.17, 15) is 4.39 Å². The maximum Gasteiger partial charge on any atom is 0.126 e. The minimum absolute atomic E-state index is 0.0900. The zero-order valence-corrected chi connectivity index (χ0v) is 8.31. The number of hydrogen-bond donors (Lipinski definition) is 0. The SMILES string of the molecule is CCC[CH]c1c(F)cccc1CC. The van der Waals surface area contributed by atoms with Crippen molar-refractivity contribution in [1.29, 1.82) is 0 Å². The molecule has 0 saturated heterocycles. The third-order valence-electron chi connectivity index (χ3n) is 2.16. The normalized spacial score (nSPS) is 10.4. The summed E-state index contributed by atoms with van der Waals surface area (Å²) in [6.07, 6.45) is 4.91. The fraction of sp³-hybridized carbons (Fsp3) is 0.417. The molecule has 0 saturated carbocycles. The highest BCUT2D eigenvalue weighted by molar-refractivity contribution is 5.34. The van der Waals surface area contributed by atoms with Crippen molar-refractivity contribution in [3.63, 3.8) is 0 Å². The lowest BCUT2D eigenvalue weighted by molar-refractivity contribution is 0.615. The number of halogens is 1. The third kappa shape index (κ3) is 2.55. The smallest absolute Gasteiger partial charge is 0.126 e. The molecule has 0 heterocycles. The lowest BCUT2D eigenvalue weighted by Crippen LogP contribution is -1.95. The first kappa shape index (κ1) is 10.2. The van der Waals surface area contributed by atoms with Crippen molar-refractivity contribution in [3.05, 3.63) is 41.6 Å². The average Bonchev–Trinajstić information content (AvgIpc) is 2.15. The van der Waals surface area contributed by atoms with Crippen LogP contribution in [0.2, 0.25) is 0 Å². The molecule has 71 valence electrons. The van der Waals surface area contributed by atoms with Crippen LogP contribution in [-0.2, 0) is 6.42 Å². The Hall–Kier alpha value is -0.850. The van der Waals surface area contributed by atoms with E-state index in [0.29, 0.717) is 0 Å². The van der Waals surface area contributed by atoms with E-state index in [-0.39, 0.29) is 5.82 Å². The lowest BCUT2D eigenvalue weighted by Gasteiger charge is -2.07. The lowest BCUT2D eigenvalue weighted by atomic mass is 10.00. The van der Waals surface area contributed by atoms with Gasteiger partial charge in [0.15, 0.2) is 0 Å². The predicted octanol–water partition coefficient (Wildman–Crippen LogP) is 3.74. The van der Waals surface area contributed by atoms with Gasteiger partial charge < -0.3 is 0 Å². The van der Waals surface area contributed by atoms with Gasteiger partial charge in [-0.15, -0.1) is 0 Å². The highest BCUT2D eigenvalue weighted by Gasteiger charge is 2.05. The van der Waals surface area contributed by atoms with Crippen LogP contribution in [0.15, 0.2) is 18.2 Å². The largest absolute Gasteiger partial charge is 0.207 e. The van der Waals surface area contributed by atoms with Gasteiger partial charge in [-0.2, -0.15) is 0 Å². The Morgan fingerprint density at radius 2 is 2.08 bits per heavy atom. The van der Waals surface area contributed by atoms with Crippen LogP contribution in [0.25, 0.3) is 0 Å². The van der Waals surface area contributed by atoms with E-state index >= 15 is 0 Å². The van der Waals surface area contributed by atoms with Crippen molar-refractivity contribution in [2.75, 3.05) is 0 Å². The van der Waals surface area contributed by atoms with Crippen LogP contribution in [0.3, 0.4) is 0 Å². The summed E-state index contributed by atoms with van der Waals surface area (Å²) in [7, 11) is 0. The van der Waals surface area contributed by atoms with Gasteiger partial charge in [0.25, 0.3) is 0 Å². The fourth-order valence-corrected chi connectivity index (χ4v) is 1.41. The molecule has 0 aliphatic carbocycles. The Kier molecular flexibility index (Phi) is 3.94. The van der Waals surface area contributed by atoms with Gasteiger partial charge in [-0.1, -0.05) is 32.4 Å². The molecule has 1 aromatic carbocycles. The molecule has 0 unspecified atom stereocenters. The van der Waals surface area contributed by atoms with E-state index in [1.165, 1.54) is 6.07 Å². The van der Waals surface area contributed by atoms with Crippen LogP contribution in [0.4, 0.5) is 4.39 Å². The number of unbranched alkanes of at least 4 members (excludes halogenated alkanes) is 1. The second kappa shape index (κ2) is 5.00. The van der Waals surface area contributed by atoms with Crippen LogP contribution in [0.1, 0.15) is 37.8 Å². The summed E-state index contributed by atoms with van der Waals surface area (Å²) in [5.41, 5.74) is 1.90. The standard InChI is InChI=1S/C12H16F/c1-3-5-8-11-10(4-2)7-6-9-12(11)13/h6-9H,3-5H2,1-2H3. The first-order valence-electron chi connectivity index (χ1n) is 4.90. The molecule has 0 N–H and O–H groups in total. The van der Waals surface area contributed by atoms with E-state index in [1.807, 2.05) is 12.5 Å². The molecule has 1 rings (SSSR count). The zero-order chi connectivity index (χ0) is 9.68. The average molecular weight is 179 g/mol. The number of rotatable bonds is 4. The van der Waals surface area contributed by atoms with E-state index in [2.05, 4.69) is 13.8 Å². The Labute approximate surface area is 79.8 Å². The Balaban J connectivity index is 2.87. The molecule has 1 aromatic rings. The summed E-state index contributed by atoms with van der Waals surface area (Å²) in [5.74, 6) is -0.0900. The fourth-order valence-electron chi connectivity index (χ4n) is 1.41. The second-order valence-corrected chi connectivity index (χ2v) is 3.16. The van der Waals surface area contributed by atoms with Crippen LogP contribution in [-0.4, -0.2) is 0 Å². The molecule has 0 atom stereocenters. The highest BCUT2D eigenvalue weighted by Crippen LogP contribution is 2.18. The van der Waals surface area contributed by atoms with E-state index in [1.54, 1.807) is 6.07 Å². The van der Waals surface area contributed by atoms with Gasteiger partial charge >= 0.3 is 0 Å². The van der Waals surface area contributed by atoms with Crippen LogP contribution < -0.4 is 0 Å². The minimum Gasteiger partial charge on any atom is -0.207 e. The van der Waals surface area contributed by atoms with Crippen LogP contribution in [0.5, 0.6) is 0 Å². The Bertz CT molecular complexity index is 266. The minimum atomic E-state index is -0.0900. The molecule has 1 radical (unpaired) electrons. The van der Waals surface area contributed by atoms with Gasteiger partial charge in [-0.3, -0.25) is 0 Å². The molecule has 0 fully saturated rings. The summed E-state index contributed by atoms with van der Waals surface area (Å²) in [5, 5.41) is 0. The van der Waals surface area contributed by atoms with Crippen molar-refractivity contribution in [2.24, 2.45) is 0 Å². The highest BCUT2D eigenvalue weighted by atomic mass is 19.1.